The van der Waals surface area contributed by atoms with Crippen LogP contribution in [0.25, 0.3) is 0 Å². The molecule has 3 N–H and O–H groups in total. The molecule has 6 nitrogen and oxygen atoms in total. The van der Waals surface area contributed by atoms with Crippen molar-refractivity contribution in [2.45, 2.75) is 51.6 Å². The molecule has 0 bridgehead atoms. The average Bonchev–Trinajstić information content (AvgIpc) is 2.38. The second-order valence-electron chi connectivity index (χ2n) is 5.92. The highest BCUT2D eigenvalue weighted by molar-refractivity contribution is 7.90. The van der Waals surface area contributed by atoms with Crippen LogP contribution in [-0.4, -0.2) is 50.7 Å². The van der Waals surface area contributed by atoms with Gasteiger partial charge in [-0.1, -0.05) is 6.92 Å². The molecule has 0 aromatic rings. The molecule has 1 atom stereocenters. The monoisotopic (exact) mass is 341 g/mol. The Labute approximate surface area is 134 Å². The predicted molar refractivity (Wildman–Crippen MR) is 86.9 cm³/mol. The van der Waals surface area contributed by atoms with Crippen molar-refractivity contribution in [3.05, 3.63) is 0 Å². The third-order valence-electron chi connectivity index (χ3n) is 4.07. The molecule has 0 aromatic carbocycles. The van der Waals surface area contributed by atoms with E-state index >= 15 is 0 Å². The summed E-state index contributed by atoms with van der Waals surface area (Å²) in [5.74, 6) is -0.256. The van der Waals surface area contributed by atoms with Crippen LogP contribution in [0.2, 0.25) is 0 Å². The summed E-state index contributed by atoms with van der Waals surface area (Å²) in [7, 11) is -1.99. The zero-order chi connectivity index (χ0) is 15.3. The summed E-state index contributed by atoms with van der Waals surface area (Å²) in [6.45, 7) is 4.29. The maximum atomic E-state index is 12.0. The Morgan fingerprint density at radius 1 is 1.33 bits per heavy atom. The van der Waals surface area contributed by atoms with Crippen molar-refractivity contribution < 1.29 is 13.2 Å². The highest BCUT2D eigenvalue weighted by Gasteiger charge is 2.26. The summed E-state index contributed by atoms with van der Waals surface area (Å²) in [5.41, 5.74) is 5.48. The normalized spacial score (nSPS) is 24.0. The number of carbonyl (C=O) groups excluding carboxylic acids is 1. The highest BCUT2D eigenvalue weighted by Crippen LogP contribution is 2.23. The fourth-order valence-electron chi connectivity index (χ4n) is 2.34. The topological polar surface area (TPSA) is 92.5 Å². The van der Waals surface area contributed by atoms with E-state index in [0.29, 0.717) is 12.5 Å². The standard InChI is InChI=1S/C13H27N3O3S.ClH/c1-10-4-6-12(7-5-10)15-20(18,19)9-13(17)16(3)11(2)8-14;/h10-12,15H,4-9,14H2,1-3H3;1H. The lowest BCUT2D eigenvalue weighted by molar-refractivity contribution is -0.128. The lowest BCUT2D eigenvalue weighted by Crippen LogP contribution is -2.46. The van der Waals surface area contributed by atoms with Crippen molar-refractivity contribution in [1.29, 1.82) is 0 Å². The smallest absolute Gasteiger partial charge is 0.239 e. The number of nitrogens with two attached hydrogens (primary N) is 1. The summed E-state index contributed by atoms with van der Waals surface area (Å²) < 4.78 is 26.7. The SMILES string of the molecule is CC1CCC(NS(=O)(=O)CC(=O)N(C)C(C)CN)CC1.Cl. The molecule has 1 fully saturated rings. The van der Waals surface area contributed by atoms with Gasteiger partial charge in [-0.05, 0) is 38.5 Å². The molecule has 1 aliphatic carbocycles. The van der Waals surface area contributed by atoms with Gasteiger partial charge in [-0.25, -0.2) is 13.1 Å². The second-order valence-corrected chi connectivity index (χ2v) is 7.68. The Kier molecular flexibility index (Phi) is 8.77. The Balaban J connectivity index is 0.00000400. The number of hydrogen-bond donors (Lipinski definition) is 2. The molecule has 21 heavy (non-hydrogen) atoms. The first-order valence-electron chi connectivity index (χ1n) is 7.21. The number of nitrogens with zero attached hydrogens (tertiary/aromatic N) is 1. The van der Waals surface area contributed by atoms with Crippen LogP contribution < -0.4 is 10.5 Å². The lowest BCUT2D eigenvalue weighted by Gasteiger charge is -2.27. The summed E-state index contributed by atoms with van der Waals surface area (Å²) in [6.07, 6.45) is 3.77. The number of amides is 1. The van der Waals surface area contributed by atoms with Crippen molar-refractivity contribution in [1.82, 2.24) is 9.62 Å². The third-order valence-corrected chi connectivity index (χ3v) is 5.39. The van der Waals surface area contributed by atoms with Gasteiger partial charge in [0.15, 0.2) is 0 Å². The maximum absolute atomic E-state index is 12.0. The zero-order valence-electron chi connectivity index (χ0n) is 13.0. The quantitative estimate of drug-likeness (QED) is 0.744. The van der Waals surface area contributed by atoms with E-state index in [1.165, 1.54) is 4.90 Å². The van der Waals surface area contributed by atoms with Gasteiger partial charge in [0, 0.05) is 25.7 Å². The largest absolute Gasteiger partial charge is 0.341 e. The Morgan fingerprint density at radius 3 is 2.33 bits per heavy atom. The van der Waals surface area contributed by atoms with E-state index in [9.17, 15) is 13.2 Å². The number of rotatable bonds is 6. The van der Waals surface area contributed by atoms with Crippen LogP contribution in [0.1, 0.15) is 39.5 Å². The molecule has 0 heterocycles. The maximum Gasteiger partial charge on any atom is 0.239 e. The molecule has 1 rings (SSSR count). The Bertz CT molecular complexity index is 422. The molecular weight excluding hydrogens is 314 g/mol. The van der Waals surface area contributed by atoms with E-state index in [2.05, 4.69) is 11.6 Å². The fourth-order valence-corrected chi connectivity index (χ4v) is 3.70. The second kappa shape index (κ2) is 8.92. The van der Waals surface area contributed by atoms with Crippen LogP contribution in [0.4, 0.5) is 0 Å². The minimum atomic E-state index is -3.57. The Hall–Kier alpha value is -0.370. The molecule has 1 amide bonds. The molecule has 0 radical (unpaired) electrons. The lowest BCUT2D eigenvalue weighted by atomic mass is 9.88. The minimum absolute atomic E-state index is 0. The van der Waals surface area contributed by atoms with Crippen molar-refractivity contribution in [2.24, 2.45) is 11.7 Å². The highest BCUT2D eigenvalue weighted by atomic mass is 35.5. The number of hydrogen-bond acceptors (Lipinski definition) is 4. The first-order chi connectivity index (χ1) is 9.25. The van der Waals surface area contributed by atoms with Crippen LogP contribution >= 0.6 is 12.4 Å². The van der Waals surface area contributed by atoms with Crippen molar-refractivity contribution >= 4 is 28.3 Å². The molecule has 1 unspecified atom stereocenters. The third kappa shape index (κ3) is 6.95. The van der Waals surface area contributed by atoms with Gasteiger partial charge in [-0.2, -0.15) is 0 Å². The summed E-state index contributed by atoms with van der Waals surface area (Å²) in [5, 5.41) is 0. The molecule has 1 saturated carbocycles. The molecule has 0 aliphatic heterocycles. The van der Waals surface area contributed by atoms with Crippen LogP contribution in [0.15, 0.2) is 0 Å². The summed E-state index contributed by atoms with van der Waals surface area (Å²) in [4.78, 5) is 13.3. The van der Waals surface area contributed by atoms with E-state index < -0.39 is 21.7 Å². The predicted octanol–water partition coefficient (Wildman–Crippen LogP) is 0.712. The average molecular weight is 342 g/mol. The molecule has 0 saturated heterocycles. The van der Waals surface area contributed by atoms with Crippen molar-refractivity contribution in [3.63, 3.8) is 0 Å². The van der Waals surface area contributed by atoms with Gasteiger partial charge in [-0.15, -0.1) is 12.4 Å². The summed E-state index contributed by atoms with van der Waals surface area (Å²) in [6, 6.07) is -0.186. The van der Waals surface area contributed by atoms with E-state index in [0.717, 1.165) is 25.7 Å². The molecule has 8 heteroatoms. The van der Waals surface area contributed by atoms with Gasteiger partial charge in [0.1, 0.15) is 5.75 Å². The number of sulfonamides is 1. The number of carbonyl (C=O) groups is 1. The molecule has 0 spiro atoms. The first kappa shape index (κ1) is 20.6. The van der Waals surface area contributed by atoms with E-state index in [4.69, 9.17) is 5.73 Å². The first-order valence-corrected chi connectivity index (χ1v) is 8.86. The number of likely N-dealkylation sites (N-methyl/N-ethyl adjacent to an activating group) is 1. The van der Waals surface area contributed by atoms with Gasteiger partial charge in [0.05, 0.1) is 0 Å². The van der Waals surface area contributed by atoms with E-state index in [1.54, 1.807) is 14.0 Å². The van der Waals surface area contributed by atoms with Gasteiger partial charge in [0.2, 0.25) is 15.9 Å². The van der Waals surface area contributed by atoms with Crippen molar-refractivity contribution in [2.75, 3.05) is 19.3 Å². The Morgan fingerprint density at radius 2 is 1.86 bits per heavy atom. The van der Waals surface area contributed by atoms with Gasteiger partial charge in [-0.3, -0.25) is 4.79 Å². The van der Waals surface area contributed by atoms with Gasteiger partial charge in [0.25, 0.3) is 0 Å². The fraction of sp³-hybridized carbons (Fsp3) is 0.923. The molecule has 1 aliphatic rings. The minimum Gasteiger partial charge on any atom is -0.341 e. The number of halogens is 1. The van der Waals surface area contributed by atoms with Crippen LogP contribution in [0, 0.1) is 5.92 Å². The molecular formula is C13H28ClN3O3S. The van der Waals surface area contributed by atoms with Crippen LogP contribution in [0.3, 0.4) is 0 Å². The zero-order valence-corrected chi connectivity index (χ0v) is 14.7. The number of nitrogens with one attached hydrogen (secondary N) is 1. The van der Waals surface area contributed by atoms with E-state index in [-0.39, 0.29) is 24.5 Å². The van der Waals surface area contributed by atoms with Gasteiger partial charge < -0.3 is 10.6 Å². The van der Waals surface area contributed by atoms with Crippen molar-refractivity contribution in [3.8, 4) is 0 Å². The van der Waals surface area contributed by atoms with Crippen LogP contribution in [0.5, 0.6) is 0 Å². The molecule has 126 valence electrons. The van der Waals surface area contributed by atoms with Crippen LogP contribution in [-0.2, 0) is 14.8 Å². The van der Waals surface area contributed by atoms with E-state index in [1.807, 2.05) is 0 Å². The summed E-state index contributed by atoms with van der Waals surface area (Å²) >= 11 is 0. The molecule has 0 aromatic heterocycles. The van der Waals surface area contributed by atoms with Gasteiger partial charge >= 0.3 is 0 Å².